The van der Waals surface area contributed by atoms with Crippen LogP contribution in [0.1, 0.15) is 19.8 Å². The van der Waals surface area contributed by atoms with Crippen molar-refractivity contribution in [3.63, 3.8) is 0 Å². The molecule has 3 N–H and O–H groups in total. The fourth-order valence-corrected chi connectivity index (χ4v) is 3.92. The summed E-state index contributed by atoms with van der Waals surface area (Å²) in [5.74, 6) is 0. The number of aromatic nitrogens is 2. The van der Waals surface area contributed by atoms with Gasteiger partial charge in [0.05, 0.1) is 12.1 Å². The lowest BCUT2D eigenvalue weighted by Gasteiger charge is -2.33. The zero-order valence-electron chi connectivity index (χ0n) is 9.34. The zero-order chi connectivity index (χ0) is 12.5. The van der Waals surface area contributed by atoms with Gasteiger partial charge in [0.15, 0.2) is 0 Å². The first-order valence-electron chi connectivity index (χ1n) is 5.12. The highest BCUT2D eigenvalue weighted by Crippen LogP contribution is 2.23. The van der Waals surface area contributed by atoms with Gasteiger partial charge in [-0.25, -0.2) is 13.1 Å². The van der Waals surface area contributed by atoms with Crippen LogP contribution in [0.25, 0.3) is 0 Å². The normalized spacial score (nSPS) is 25.9. The fourth-order valence-electron chi connectivity index (χ4n) is 1.71. The van der Waals surface area contributed by atoms with E-state index in [4.69, 9.17) is 10.5 Å². The number of hydrogen-bond donors (Lipinski definition) is 2. The second kappa shape index (κ2) is 4.48. The van der Waals surface area contributed by atoms with Crippen molar-refractivity contribution in [1.82, 2.24) is 14.9 Å². The Morgan fingerprint density at radius 3 is 2.82 bits per heavy atom. The van der Waals surface area contributed by atoms with Crippen molar-refractivity contribution in [3.8, 4) is 0 Å². The standard InChI is InChI=1S/C8H14N4O3S2/c1-8(3-2-4-15-5-8)12-17(13,14)7-11-10-6(9)16-7/h12H,2-5H2,1H3,(H2,9,10). The molecule has 1 atom stereocenters. The highest BCUT2D eigenvalue weighted by molar-refractivity contribution is 7.91. The number of ether oxygens (including phenoxy) is 1. The molecule has 7 nitrogen and oxygen atoms in total. The molecule has 2 heterocycles. The van der Waals surface area contributed by atoms with Gasteiger partial charge in [-0.1, -0.05) is 11.3 Å². The Morgan fingerprint density at radius 2 is 2.29 bits per heavy atom. The molecule has 0 saturated carbocycles. The van der Waals surface area contributed by atoms with Crippen LogP contribution >= 0.6 is 11.3 Å². The Morgan fingerprint density at radius 1 is 1.53 bits per heavy atom. The predicted molar refractivity (Wildman–Crippen MR) is 63.1 cm³/mol. The average Bonchev–Trinajstić information content (AvgIpc) is 2.65. The smallest absolute Gasteiger partial charge is 0.270 e. The van der Waals surface area contributed by atoms with Crippen molar-refractivity contribution in [3.05, 3.63) is 0 Å². The van der Waals surface area contributed by atoms with E-state index in [1.807, 2.05) is 6.92 Å². The monoisotopic (exact) mass is 278 g/mol. The SMILES string of the molecule is CC1(NS(=O)(=O)c2nnc(N)s2)CCCOC1. The number of hydrogen-bond acceptors (Lipinski definition) is 7. The number of sulfonamides is 1. The molecule has 1 aliphatic heterocycles. The number of nitrogen functional groups attached to an aromatic ring is 1. The van der Waals surface area contributed by atoms with Crippen molar-refractivity contribution < 1.29 is 13.2 Å². The van der Waals surface area contributed by atoms with Crippen LogP contribution in [-0.4, -0.2) is 37.4 Å². The molecule has 1 aliphatic rings. The molecule has 0 amide bonds. The maximum absolute atomic E-state index is 12.0. The molecule has 1 fully saturated rings. The summed E-state index contributed by atoms with van der Waals surface area (Å²) in [6, 6.07) is 0. The second-order valence-corrected chi connectivity index (χ2v) is 7.09. The molecule has 1 aromatic heterocycles. The Hall–Kier alpha value is -0.770. The fraction of sp³-hybridized carbons (Fsp3) is 0.750. The highest BCUT2D eigenvalue weighted by Gasteiger charge is 2.34. The van der Waals surface area contributed by atoms with Crippen molar-refractivity contribution in [2.45, 2.75) is 29.6 Å². The van der Waals surface area contributed by atoms with Gasteiger partial charge in [-0.2, -0.15) is 0 Å². The van der Waals surface area contributed by atoms with E-state index in [2.05, 4.69) is 14.9 Å². The lowest BCUT2D eigenvalue weighted by molar-refractivity contribution is 0.0386. The molecule has 0 aromatic carbocycles. The zero-order valence-corrected chi connectivity index (χ0v) is 11.0. The van der Waals surface area contributed by atoms with Crippen LogP contribution < -0.4 is 10.5 Å². The van der Waals surface area contributed by atoms with Gasteiger partial charge in [0.1, 0.15) is 0 Å². The summed E-state index contributed by atoms with van der Waals surface area (Å²) < 4.78 is 31.8. The lowest BCUT2D eigenvalue weighted by atomic mass is 9.97. The maximum Gasteiger partial charge on any atom is 0.270 e. The molecule has 1 saturated heterocycles. The van der Waals surface area contributed by atoms with Gasteiger partial charge >= 0.3 is 0 Å². The lowest BCUT2D eigenvalue weighted by Crippen LogP contribution is -2.51. The molecule has 0 bridgehead atoms. The number of nitrogens with zero attached hydrogens (tertiary/aromatic N) is 2. The maximum atomic E-state index is 12.0. The number of rotatable bonds is 3. The van der Waals surface area contributed by atoms with E-state index < -0.39 is 15.6 Å². The van der Waals surface area contributed by atoms with E-state index in [1.165, 1.54) is 0 Å². The van der Waals surface area contributed by atoms with Crippen LogP contribution in [0.4, 0.5) is 5.13 Å². The summed E-state index contributed by atoms with van der Waals surface area (Å²) in [5.41, 5.74) is 4.78. The molecular formula is C8H14N4O3S2. The van der Waals surface area contributed by atoms with Gasteiger partial charge in [-0.3, -0.25) is 0 Å². The van der Waals surface area contributed by atoms with E-state index in [9.17, 15) is 8.42 Å². The number of nitrogens with two attached hydrogens (primary N) is 1. The summed E-state index contributed by atoms with van der Waals surface area (Å²) in [6.45, 7) is 2.84. The summed E-state index contributed by atoms with van der Waals surface area (Å²) in [7, 11) is -3.66. The predicted octanol–water partition coefficient (Wildman–Crippen LogP) is -0.0323. The molecule has 2 rings (SSSR count). The molecular weight excluding hydrogens is 264 g/mol. The molecule has 0 aliphatic carbocycles. The van der Waals surface area contributed by atoms with Gasteiger partial charge in [-0.15, -0.1) is 10.2 Å². The largest absolute Gasteiger partial charge is 0.380 e. The van der Waals surface area contributed by atoms with Crippen molar-refractivity contribution in [2.24, 2.45) is 0 Å². The summed E-state index contributed by atoms with van der Waals surface area (Å²) in [6.07, 6.45) is 1.57. The molecule has 1 aromatic rings. The summed E-state index contributed by atoms with van der Waals surface area (Å²) in [4.78, 5) is 0. The van der Waals surface area contributed by atoms with Crippen LogP contribution in [0.2, 0.25) is 0 Å². The van der Waals surface area contributed by atoms with E-state index in [0.29, 0.717) is 13.2 Å². The average molecular weight is 278 g/mol. The molecule has 9 heteroatoms. The number of nitrogens with one attached hydrogen (secondary N) is 1. The first-order chi connectivity index (χ1) is 7.91. The molecule has 96 valence electrons. The first-order valence-corrected chi connectivity index (χ1v) is 7.42. The van der Waals surface area contributed by atoms with E-state index in [1.54, 1.807) is 0 Å². The first kappa shape index (κ1) is 12.7. The van der Waals surface area contributed by atoms with Crippen molar-refractivity contribution in [2.75, 3.05) is 18.9 Å². The topological polar surface area (TPSA) is 107 Å². The molecule has 1 unspecified atom stereocenters. The minimum atomic E-state index is -3.66. The third-order valence-corrected chi connectivity index (χ3v) is 5.23. The van der Waals surface area contributed by atoms with Crippen LogP contribution in [0.3, 0.4) is 0 Å². The second-order valence-electron chi connectivity index (χ2n) is 4.23. The van der Waals surface area contributed by atoms with Crippen molar-refractivity contribution >= 4 is 26.5 Å². The Balaban J connectivity index is 2.17. The third kappa shape index (κ3) is 2.92. The quantitative estimate of drug-likeness (QED) is 0.804. The summed E-state index contributed by atoms with van der Waals surface area (Å²) in [5, 5.41) is 7.17. The van der Waals surface area contributed by atoms with E-state index in [0.717, 1.165) is 24.2 Å². The summed E-state index contributed by atoms with van der Waals surface area (Å²) >= 11 is 0.846. The van der Waals surface area contributed by atoms with E-state index >= 15 is 0 Å². The Kier molecular flexibility index (Phi) is 3.34. The number of anilines is 1. The van der Waals surface area contributed by atoms with Crippen LogP contribution in [0, 0.1) is 0 Å². The Bertz CT molecular complexity index is 493. The molecule has 0 radical (unpaired) electrons. The van der Waals surface area contributed by atoms with Gasteiger partial charge in [0.2, 0.25) is 9.47 Å². The van der Waals surface area contributed by atoms with E-state index in [-0.39, 0.29) is 9.47 Å². The van der Waals surface area contributed by atoms with Gasteiger partial charge in [0, 0.05) is 6.61 Å². The third-order valence-electron chi connectivity index (χ3n) is 2.47. The highest BCUT2D eigenvalue weighted by atomic mass is 32.2. The molecule has 17 heavy (non-hydrogen) atoms. The van der Waals surface area contributed by atoms with Gasteiger partial charge in [0.25, 0.3) is 10.0 Å². The van der Waals surface area contributed by atoms with Crippen LogP contribution in [-0.2, 0) is 14.8 Å². The van der Waals surface area contributed by atoms with Gasteiger partial charge < -0.3 is 10.5 Å². The van der Waals surface area contributed by atoms with Crippen LogP contribution in [0.5, 0.6) is 0 Å². The minimum absolute atomic E-state index is 0.109. The molecule has 0 spiro atoms. The van der Waals surface area contributed by atoms with Gasteiger partial charge in [-0.05, 0) is 19.8 Å². The minimum Gasteiger partial charge on any atom is -0.380 e. The van der Waals surface area contributed by atoms with Crippen molar-refractivity contribution in [1.29, 1.82) is 0 Å². The van der Waals surface area contributed by atoms with Crippen LogP contribution in [0.15, 0.2) is 4.34 Å². The Labute approximate surface area is 103 Å².